The highest BCUT2D eigenvalue weighted by Crippen LogP contribution is 2.32. The second-order valence-corrected chi connectivity index (χ2v) is 4.92. The number of hydrogen-bond donors (Lipinski definition) is 1. The first-order valence-corrected chi connectivity index (χ1v) is 5.59. The summed E-state index contributed by atoms with van der Waals surface area (Å²) in [6.45, 7) is 0.367. The number of benzene rings is 1. The number of carbonyl (C=O) groups excluding carboxylic acids is 1. The fraction of sp³-hybridized carbons (Fsp3) is 0.300. The van der Waals surface area contributed by atoms with E-state index in [0.717, 1.165) is 6.07 Å². The molecule has 1 unspecified atom stereocenters. The van der Waals surface area contributed by atoms with E-state index < -0.39 is 11.6 Å². The Kier molecular flexibility index (Phi) is 2.84. The molecule has 0 radical (unpaired) electrons. The fourth-order valence-electron chi connectivity index (χ4n) is 1.69. The average Bonchev–Trinajstić information content (AvgIpc) is 2.51. The van der Waals surface area contributed by atoms with Crippen LogP contribution in [0.25, 0.3) is 0 Å². The number of amides is 1. The zero-order valence-electron chi connectivity index (χ0n) is 8.21. The fourth-order valence-corrected chi connectivity index (χ4v) is 2.26. The number of alkyl halides is 1. The van der Waals surface area contributed by atoms with Crippen molar-refractivity contribution >= 4 is 33.2 Å². The standard InChI is InChI=1S/C10H9BrF2N2O/c11-5-1-9(16)15(4-5)8-3-6(12)2-7(13)10(8)14/h2-3,5H,1,4,14H2. The lowest BCUT2D eigenvalue weighted by atomic mass is 10.2. The van der Waals surface area contributed by atoms with Gasteiger partial charge in [-0.25, -0.2) is 8.78 Å². The Bertz CT molecular complexity index is 453. The van der Waals surface area contributed by atoms with Crippen LogP contribution >= 0.6 is 15.9 Å². The molecule has 1 saturated heterocycles. The minimum Gasteiger partial charge on any atom is -0.395 e. The molecule has 1 aliphatic heterocycles. The third-order valence-corrected chi connectivity index (χ3v) is 3.05. The van der Waals surface area contributed by atoms with E-state index in [4.69, 9.17) is 5.73 Å². The van der Waals surface area contributed by atoms with Gasteiger partial charge in [0, 0.05) is 23.9 Å². The number of rotatable bonds is 1. The Labute approximate surface area is 99.3 Å². The summed E-state index contributed by atoms with van der Waals surface area (Å²) < 4.78 is 26.2. The number of nitrogens with two attached hydrogens (primary N) is 1. The summed E-state index contributed by atoms with van der Waals surface area (Å²) in [6, 6.07) is 1.77. The second-order valence-electron chi connectivity index (χ2n) is 3.63. The van der Waals surface area contributed by atoms with E-state index in [1.165, 1.54) is 4.90 Å². The molecule has 1 aromatic carbocycles. The van der Waals surface area contributed by atoms with Crippen LogP contribution < -0.4 is 10.6 Å². The Morgan fingerprint density at radius 3 is 2.69 bits per heavy atom. The van der Waals surface area contributed by atoms with Gasteiger partial charge in [0.15, 0.2) is 5.82 Å². The number of hydrogen-bond acceptors (Lipinski definition) is 2. The SMILES string of the molecule is Nc1c(F)cc(F)cc1N1CC(Br)CC1=O. The smallest absolute Gasteiger partial charge is 0.228 e. The molecule has 86 valence electrons. The van der Waals surface area contributed by atoms with Gasteiger partial charge in [-0.15, -0.1) is 0 Å². The Morgan fingerprint density at radius 2 is 2.12 bits per heavy atom. The highest BCUT2D eigenvalue weighted by molar-refractivity contribution is 9.09. The zero-order chi connectivity index (χ0) is 11.9. The topological polar surface area (TPSA) is 46.3 Å². The number of halogens is 3. The lowest BCUT2D eigenvalue weighted by Gasteiger charge is -2.18. The minimum absolute atomic E-state index is 0.00858. The van der Waals surface area contributed by atoms with Gasteiger partial charge in [0.05, 0.1) is 11.4 Å². The first-order valence-electron chi connectivity index (χ1n) is 4.68. The van der Waals surface area contributed by atoms with E-state index in [0.29, 0.717) is 19.0 Å². The summed E-state index contributed by atoms with van der Waals surface area (Å²) in [5.74, 6) is -1.79. The maximum Gasteiger partial charge on any atom is 0.228 e. The number of anilines is 2. The van der Waals surface area contributed by atoms with Gasteiger partial charge in [0.2, 0.25) is 5.91 Å². The minimum atomic E-state index is -0.846. The largest absolute Gasteiger partial charge is 0.395 e. The van der Waals surface area contributed by atoms with Crippen LogP contribution in [0.2, 0.25) is 0 Å². The normalized spacial score (nSPS) is 20.6. The van der Waals surface area contributed by atoms with E-state index in [2.05, 4.69) is 15.9 Å². The zero-order valence-corrected chi connectivity index (χ0v) is 9.80. The van der Waals surface area contributed by atoms with Gasteiger partial charge in [-0.1, -0.05) is 15.9 Å². The Balaban J connectivity index is 2.44. The molecule has 1 heterocycles. The molecule has 16 heavy (non-hydrogen) atoms. The van der Waals surface area contributed by atoms with Crippen LogP contribution in [-0.2, 0) is 4.79 Å². The molecule has 6 heteroatoms. The third kappa shape index (κ3) is 1.89. The Morgan fingerprint density at radius 1 is 1.44 bits per heavy atom. The van der Waals surface area contributed by atoms with Crippen molar-refractivity contribution in [3.8, 4) is 0 Å². The maximum absolute atomic E-state index is 13.2. The summed E-state index contributed by atoms with van der Waals surface area (Å²) in [7, 11) is 0. The molecule has 0 aliphatic carbocycles. The van der Waals surface area contributed by atoms with E-state index >= 15 is 0 Å². The molecule has 0 spiro atoms. The monoisotopic (exact) mass is 290 g/mol. The lowest BCUT2D eigenvalue weighted by molar-refractivity contribution is -0.117. The molecular formula is C10H9BrF2N2O. The van der Waals surface area contributed by atoms with Gasteiger partial charge < -0.3 is 10.6 Å². The van der Waals surface area contributed by atoms with Gasteiger partial charge in [-0.05, 0) is 6.07 Å². The van der Waals surface area contributed by atoms with Gasteiger partial charge >= 0.3 is 0 Å². The number of nitrogens with zero attached hydrogens (tertiary/aromatic N) is 1. The molecule has 0 saturated carbocycles. The lowest BCUT2D eigenvalue weighted by Crippen LogP contribution is -2.26. The molecule has 1 aromatic rings. The molecule has 2 rings (SSSR count). The van der Waals surface area contributed by atoms with Crippen molar-refractivity contribution in [1.29, 1.82) is 0 Å². The van der Waals surface area contributed by atoms with Crippen LogP contribution in [0.4, 0.5) is 20.2 Å². The van der Waals surface area contributed by atoms with Crippen LogP contribution in [0.5, 0.6) is 0 Å². The van der Waals surface area contributed by atoms with Gasteiger partial charge in [-0.2, -0.15) is 0 Å². The first-order chi connectivity index (χ1) is 7.49. The predicted molar refractivity (Wildman–Crippen MR) is 60.5 cm³/mol. The predicted octanol–water partition coefficient (Wildman–Crippen LogP) is 2.05. The maximum atomic E-state index is 13.2. The molecule has 2 N–H and O–H groups in total. The van der Waals surface area contributed by atoms with Crippen LogP contribution in [0.1, 0.15) is 6.42 Å². The molecule has 0 aromatic heterocycles. The van der Waals surface area contributed by atoms with Crippen molar-refractivity contribution < 1.29 is 13.6 Å². The highest BCUT2D eigenvalue weighted by atomic mass is 79.9. The van der Waals surface area contributed by atoms with Crippen molar-refractivity contribution in [2.75, 3.05) is 17.2 Å². The summed E-state index contributed by atoms with van der Waals surface area (Å²) in [5.41, 5.74) is 5.39. The van der Waals surface area contributed by atoms with Gasteiger partial charge in [0.1, 0.15) is 5.82 Å². The number of carbonyl (C=O) groups is 1. The van der Waals surface area contributed by atoms with Crippen molar-refractivity contribution in [2.24, 2.45) is 0 Å². The molecule has 1 fully saturated rings. The number of nitrogen functional groups attached to an aromatic ring is 1. The van der Waals surface area contributed by atoms with Crippen LogP contribution in [0.3, 0.4) is 0 Å². The summed E-state index contributed by atoms with van der Waals surface area (Å²) >= 11 is 3.29. The van der Waals surface area contributed by atoms with Crippen molar-refractivity contribution in [3.05, 3.63) is 23.8 Å². The molecule has 3 nitrogen and oxygen atoms in total. The summed E-state index contributed by atoms with van der Waals surface area (Å²) in [6.07, 6.45) is 0.303. The van der Waals surface area contributed by atoms with E-state index in [1.807, 2.05) is 0 Å². The first kappa shape index (κ1) is 11.3. The van der Waals surface area contributed by atoms with Gasteiger partial charge in [0.25, 0.3) is 0 Å². The highest BCUT2D eigenvalue weighted by Gasteiger charge is 2.30. The van der Waals surface area contributed by atoms with Crippen LogP contribution in [0.15, 0.2) is 12.1 Å². The van der Waals surface area contributed by atoms with Crippen LogP contribution in [-0.4, -0.2) is 17.3 Å². The van der Waals surface area contributed by atoms with Gasteiger partial charge in [-0.3, -0.25) is 4.79 Å². The summed E-state index contributed by atoms with van der Waals surface area (Å²) in [4.78, 5) is 12.8. The molecule has 1 amide bonds. The average molecular weight is 291 g/mol. The molecule has 0 bridgehead atoms. The molecule has 1 aliphatic rings. The summed E-state index contributed by atoms with van der Waals surface area (Å²) in [5, 5.41) is 0. The quantitative estimate of drug-likeness (QED) is 0.636. The second kappa shape index (κ2) is 4.01. The van der Waals surface area contributed by atoms with E-state index in [-0.39, 0.29) is 22.1 Å². The van der Waals surface area contributed by atoms with Crippen molar-refractivity contribution in [1.82, 2.24) is 0 Å². The molecule has 1 atom stereocenters. The van der Waals surface area contributed by atoms with Crippen molar-refractivity contribution in [3.63, 3.8) is 0 Å². The van der Waals surface area contributed by atoms with Crippen LogP contribution in [0, 0.1) is 11.6 Å². The Hall–Kier alpha value is -1.17. The van der Waals surface area contributed by atoms with E-state index in [9.17, 15) is 13.6 Å². The van der Waals surface area contributed by atoms with E-state index in [1.54, 1.807) is 0 Å². The third-order valence-electron chi connectivity index (χ3n) is 2.44. The van der Waals surface area contributed by atoms with Crippen molar-refractivity contribution in [2.45, 2.75) is 11.2 Å². The molecular weight excluding hydrogens is 282 g/mol.